The van der Waals surface area contributed by atoms with E-state index in [0.717, 1.165) is 0 Å². The highest BCUT2D eigenvalue weighted by atomic mass is 79.9. The molecule has 7 nitrogen and oxygen atoms in total. The van der Waals surface area contributed by atoms with Crippen molar-refractivity contribution in [3.63, 3.8) is 0 Å². The van der Waals surface area contributed by atoms with E-state index < -0.39 is 0 Å². The number of aromatic amines is 1. The van der Waals surface area contributed by atoms with Gasteiger partial charge in [0.25, 0.3) is 5.91 Å². The van der Waals surface area contributed by atoms with Gasteiger partial charge in [0.15, 0.2) is 4.67 Å². The Bertz CT molecular complexity index is 590. The zero-order chi connectivity index (χ0) is 13.7. The number of carbonyl (C=O) groups is 1. The Morgan fingerprint density at radius 2 is 2.47 bits per heavy atom. The lowest BCUT2D eigenvalue weighted by atomic mass is 10.4. The molecule has 0 radical (unpaired) electrons. The van der Waals surface area contributed by atoms with E-state index in [1.807, 2.05) is 6.92 Å². The molecule has 2 rings (SSSR count). The molecular formula is C11H11BrN4O3. The first-order valence-electron chi connectivity index (χ1n) is 5.47. The van der Waals surface area contributed by atoms with E-state index in [4.69, 9.17) is 9.15 Å². The summed E-state index contributed by atoms with van der Waals surface area (Å²) in [5, 5.41) is 8.81. The number of aromatic nitrogens is 3. The molecule has 0 spiro atoms. The Morgan fingerprint density at radius 3 is 3.16 bits per heavy atom. The molecule has 0 unspecified atom stereocenters. The lowest BCUT2D eigenvalue weighted by Gasteiger charge is -1.94. The second kappa shape index (κ2) is 6.19. The number of rotatable bonds is 5. The Hall–Kier alpha value is -2.09. The van der Waals surface area contributed by atoms with Gasteiger partial charge in [-0.2, -0.15) is 4.98 Å². The Balaban J connectivity index is 1.91. The van der Waals surface area contributed by atoms with Crippen molar-refractivity contribution in [1.29, 1.82) is 0 Å². The van der Waals surface area contributed by atoms with Crippen LogP contribution >= 0.6 is 15.9 Å². The van der Waals surface area contributed by atoms with Gasteiger partial charge >= 0.3 is 6.01 Å². The molecule has 0 atom stereocenters. The second-order valence-electron chi connectivity index (χ2n) is 3.36. The summed E-state index contributed by atoms with van der Waals surface area (Å²) < 4.78 is 10.9. The second-order valence-corrected chi connectivity index (χ2v) is 4.15. The van der Waals surface area contributed by atoms with Crippen molar-refractivity contribution >= 4 is 33.9 Å². The van der Waals surface area contributed by atoms with E-state index in [1.54, 1.807) is 18.2 Å². The minimum atomic E-state index is -0.355. The molecule has 0 aliphatic carbocycles. The van der Waals surface area contributed by atoms with Gasteiger partial charge in [-0.05, 0) is 41.1 Å². The number of carbonyl (C=O) groups excluding carboxylic acids is 1. The van der Waals surface area contributed by atoms with E-state index in [1.165, 1.54) is 6.08 Å². The SMILES string of the molecule is CCOc1n[nH]c(NC(=O)/C=C/c2ccc(Br)o2)n1. The van der Waals surface area contributed by atoms with Crippen LogP contribution in [0.2, 0.25) is 0 Å². The molecule has 0 aromatic carbocycles. The number of nitrogens with zero attached hydrogens (tertiary/aromatic N) is 2. The summed E-state index contributed by atoms with van der Waals surface area (Å²) in [4.78, 5) is 15.5. The number of nitrogens with one attached hydrogen (secondary N) is 2. The quantitative estimate of drug-likeness (QED) is 0.821. The largest absolute Gasteiger partial charge is 0.463 e. The number of halogens is 1. The van der Waals surface area contributed by atoms with Gasteiger partial charge in [0.05, 0.1) is 6.61 Å². The molecule has 100 valence electrons. The summed E-state index contributed by atoms with van der Waals surface area (Å²) in [6.07, 6.45) is 2.87. The average molecular weight is 327 g/mol. The molecular weight excluding hydrogens is 316 g/mol. The fraction of sp³-hybridized carbons (Fsp3) is 0.182. The smallest absolute Gasteiger partial charge is 0.337 e. The Morgan fingerprint density at radius 1 is 1.63 bits per heavy atom. The van der Waals surface area contributed by atoms with Gasteiger partial charge in [0.1, 0.15) is 5.76 Å². The molecule has 0 saturated heterocycles. The summed E-state index contributed by atoms with van der Waals surface area (Å²) >= 11 is 3.17. The fourth-order valence-electron chi connectivity index (χ4n) is 1.23. The van der Waals surface area contributed by atoms with Gasteiger partial charge in [0.2, 0.25) is 5.95 Å². The van der Waals surface area contributed by atoms with Gasteiger partial charge in [-0.15, -0.1) is 5.10 Å². The summed E-state index contributed by atoms with van der Waals surface area (Å²) in [6, 6.07) is 3.66. The minimum Gasteiger partial charge on any atom is -0.463 e. The van der Waals surface area contributed by atoms with Crippen LogP contribution in [-0.2, 0) is 4.79 Å². The molecule has 0 saturated carbocycles. The highest BCUT2D eigenvalue weighted by Gasteiger charge is 2.05. The highest BCUT2D eigenvalue weighted by Crippen LogP contribution is 2.15. The standard InChI is InChI=1S/C11H11BrN4O3/c1-2-18-11-14-10(15-16-11)13-9(17)6-4-7-3-5-8(12)19-7/h3-6H,2H2,1H3,(H2,13,14,15,16,17)/b6-4+. The molecule has 0 bridgehead atoms. The van der Waals surface area contributed by atoms with Crippen molar-refractivity contribution in [3.8, 4) is 6.01 Å². The summed E-state index contributed by atoms with van der Waals surface area (Å²) in [7, 11) is 0. The molecule has 2 heterocycles. The van der Waals surface area contributed by atoms with Crippen molar-refractivity contribution < 1.29 is 13.9 Å². The van der Waals surface area contributed by atoms with Gasteiger partial charge in [-0.3, -0.25) is 10.1 Å². The van der Waals surface area contributed by atoms with Crippen LogP contribution in [0.5, 0.6) is 6.01 Å². The van der Waals surface area contributed by atoms with Crippen LogP contribution in [0.3, 0.4) is 0 Å². The summed E-state index contributed by atoms with van der Waals surface area (Å²) in [5.41, 5.74) is 0. The van der Waals surface area contributed by atoms with Crippen LogP contribution in [-0.4, -0.2) is 27.7 Å². The first-order chi connectivity index (χ1) is 9.17. The first kappa shape index (κ1) is 13.3. The number of furan rings is 1. The molecule has 1 amide bonds. The van der Waals surface area contributed by atoms with Crippen LogP contribution < -0.4 is 10.1 Å². The van der Waals surface area contributed by atoms with Crippen LogP contribution in [0.25, 0.3) is 6.08 Å². The molecule has 0 aliphatic rings. The summed E-state index contributed by atoms with van der Waals surface area (Å²) in [6.45, 7) is 2.28. The van der Waals surface area contributed by atoms with Crippen molar-refractivity contribution in [2.45, 2.75) is 6.92 Å². The zero-order valence-corrected chi connectivity index (χ0v) is 11.6. The zero-order valence-electron chi connectivity index (χ0n) is 10.0. The van der Waals surface area contributed by atoms with E-state index in [0.29, 0.717) is 17.0 Å². The molecule has 2 N–H and O–H groups in total. The normalized spacial score (nSPS) is 10.8. The lowest BCUT2D eigenvalue weighted by Crippen LogP contribution is -2.09. The lowest BCUT2D eigenvalue weighted by molar-refractivity contribution is -0.111. The Labute approximate surface area is 117 Å². The summed E-state index contributed by atoms with van der Waals surface area (Å²) in [5.74, 6) is 0.431. The van der Waals surface area contributed by atoms with Crippen molar-refractivity contribution in [2.24, 2.45) is 0 Å². The first-order valence-corrected chi connectivity index (χ1v) is 6.26. The predicted octanol–water partition coefficient (Wildman–Crippen LogP) is 2.21. The third-order valence-corrected chi connectivity index (χ3v) is 2.40. The average Bonchev–Trinajstić information content (AvgIpc) is 2.97. The molecule has 19 heavy (non-hydrogen) atoms. The van der Waals surface area contributed by atoms with Crippen LogP contribution in [0, 0.1) is 0 Å². The minimum absolute atomic E-state index is 0.191. The van der Waals surface area contributed by atoms with E-state index in [-0.39, 0.29) is 17.9 Å². The Kier molecular flexibility index (Phi) is 4.35. The molecule has 0 aliphatic heterocycles. The molecule has 8 heteroatoms. The number of hydrogen-bond acceptors (Lipinski definition) is 5. The van der Waals surface area contributed by atoms with Gasteiger partial charge in [0, 0.05) is 6.08 Å². The maximum absolute atomic E-state index is 11.6. The van der Waals surface area contributed by atoms with Crippen LogP contribution in [0.15, 0.2) is 27.3 Å². The van der Waals surface area contributed by atoms with Crippen molar-refractivity contribution in [3.05, 3.63) is 28.6 Å². The fourth-order valence-corrected chi connectivity index (χ4v) is 1.55. The van der Waals surface area contributed by atoms with E-state index in [2.05, 4.69) is 36.4 Å². The number of ether oxygens (including phenoxy) is 1. The number of hydrogen-bond donors (Lipinski definition) is 2. The number of H-pyrrole nitrogens is 1. The van der Waals surface area contributed by atoms with E-state index >= 15 is 0 Å². The van der Waals surface area contributed by atoms with Crippen molar-refractivity contribution in [2.75, 3.05) is 11.9 Å². The predicted molar refractivity (Wildman–Crippen MR) is 71.6 cm³/mol. The molecule has 0 fully saturated rings. The molecule has 2 aromatic rings. The third-order valence-electron chi connectivity index (χ3n) is 1.97. The van der Waals surface area contributed by atoms with Crippen LogP contribution in [0.4, 0.5) is 5.95 Å². The van der Waals surface area contributed by atoms with Crippen molar-refractivity contribution in [1.82, 2.24) is 15.2 Å². The third kappa shape index (κ3) is 3.95. The number of anilines is 1. The van der Waals surface area contributed by atoms with Gasteiger partial charge < -0.3 is 9.15 Å². The van der Waals surface area contributed by atoms with E-state index in [9.17, 15) is 4.79 Å². The topological polar surface area (TPSA) is 93.0 Å². The molecule has 2 aromatic heterocycles. The van der Waals surface area contributed by atoms with Crippen LogP contribution in [0.1, 0.15) is 12.7 Å². The number of amides is 1. The van der Waals surface area contributed by atoms with Gasteiger partial charge in [-0.1, -0.05) is 0 Å². The monoisotopic (exact) mass is 326 g/mol. The highest BCUT2D eigenvalue weighted by molar-refractivity contribution is 9.10. The maximum atomic E-state index is 11.6. The van der Waals surface area contributed by atoms with Gasteiger partial charge in [-0.25, -0.2) is 5.10 Å². The maximum Gasteiger partial charge on any atom is 0.337 e.